The summed E-state index contributed by atoms with van der Waals surface area (Å²) in [6, 6.07) is 1.14. The zero-order valence-corrected chi connectivity index (χ0v) is 16.2. The van der Waals surface area contributed by atoms with Crippen molar-refractivity contribution in [3.05, 3.63) is 12.2 Å². The van der Waals surface area contributed by atoms with Gasteiger partial charge in [-0.1, -0.05) is 12.6 Å². The van der Waals surface area contributed by atoms with E-state index < -0.39 is 17.4 Å². The van der Waals surface area contributed by atoms with Crippen molar-refractivity contribution in [3.63, 3.8) is 0 Å². The fourth-order valence-electron chi connectivity index (χ4n) is 1.55. The van der Waals surface area contributed by atoms with Crippen LogP contribution in [0.25, 0.3) is 0 Å². The van der Waals surface area contributed by atoms with Gasteiger partial charge in [0.05, 0.1) is 0 Å². The number of rotatable bonds is 7. The Labute approximate surface area is 111 Å². The average molecular weight is 291 g/mol. The molecule has 100 valence electrons. The molecule has 17 heavy (non-hydrogen) atoms. The van der Waals surface area contributed by atoms with E-state index in [1.807, 2.05) is 0 Å². The minimum atomic E-state index is -1.53. The standard InChI is InChI=1S/C11H26O3Si3/c1-9(2)11(12)13-10(7-8-15)16(3)14-17(4,5)6/h10,16H,1,7-8H2,2-6,15H3. The minimum absolute atomic E-state index is 0.00317. The van der Waals surface area contributed by atoms with Gasteiger partial charge in [0.1, 0.15) is 5.73 Å². The van der Waals surface area contributed by atoms with Crippen molar-refractivity contribution >= 4 is 33.6 Å². The third-order valence-electron chi connectivity index (χ3n) is 2.24. The molecule has 0 fully saturated rings. The molecular formula is C11H26O3Si3. The van der Waals surface area contributed by atoms with Crippen molar-refractivity contribution in [2.45, 2.75) is 51.3 Å². The predicted octanol–water partition coefficient (Wildman–Crippen LogP) is 1.39. The van der Waals surface area contributed by atoms with E-state index >= 15 is 0 Å². The Hall–Kier alpha value is -0.179. The molecule has 0 aliphatic rings. The van der Waals surface area contributed by atoms with E-state index in [-0.39, 0.29) is 11.7 Å². The Morgan fingerprint density at radius 2 is 2.00 bits per heavy atom. The monoisotopic (exact) mass is 290 g/mol. The Bertz CT molecular complexity index is 274. The van der Waals surface area contributed by atoms with Crippen molar-refractivity contribution in [1.29, 1.82) is 0 Å². The van der Waals surface area contributed by atoms with Crippen molar-refractivity contribution in [2.24, 2.45) is 0 Å². The number of ether oxygens (including phenoxy) is 1. The van der Waals surface area contributed by atoms with E-state index in [9.17, 15) is 4.79 Å². The zero-order valence-electron chi connectivity index (χ0n) is 12.0. The smallest absolute Gasteiger partial charge is 0.333 e. The van der Waals surface area contributed by atoms with Crippen molar-refractivity contribution < 1.29 is 13.6 Å². The lowest BCUT2D eigenvalue weighted by Crippen LogP contribution is -2.43. The highest BCUT2D eigenvalue weighted by Gasteiger charge is 2.28. The molecule has 0 rings (SSSR count). The number of carbonyl (C=O) groups excluding carboxylic acids is 1. The van der Waals surface area contributed by atoms with Gasteiger partial charge in [-0.2, -0.15) is 0 Å². The molecule has 2 atom stereocenters. The van der Waals surface area contributed by atoms with Crippen molar-refractivity contribution in [3.8, 4) is 0 Å². The summed E-state index contributed by atoms with van der Waals surface area (Å²) in [4.78, 5) is 11.6. The molecule has 0 aliphatic heterocycles. The molecule has 0 bridgehead atoms. The van der Waals surface area contributed by atoms with E-state index in [0.717, 1.165) is 22.7 Å². The van der Waals surface area contributed by atoms with E-state index in [4.69, 9.17) is 8.85 Å². The summed E-state index contributed by atoms with van der Waals surface area (Å²) in [6.07, 6.45) is 0.948. The molecule has 2 unspecified atom stereocenters. The molecule has 0 aliphatic carbocycles. The van der Waals surface area contributed by atoms with Crippen LogP contribution in [0, 0.1) is 0 Å². The van der Waals surface area contributed by atoms with Crippen LogP contribution in [0.3, 0.4) is 0 Å². The maximum absolute atomic E-state index is 11.6. The number of hydrogen-bond donors (Lipinski definition) is 0. The Balaban J connectivity index is 4.50. The summed E-state index contributed by atoms with van der Waals surface area (Å²) >= 11 is 0. The summed E-state index contributed by atoms with van der Waals surface area (Å²) < 4.78 is 11.6. The van der Waals surface area contributed by atoms with Crippen LogP contribution in [-0.2, 0) is 13.6 Å². The largest absolute Gasteiger partial charge is 0.460 e. The lowest BCUT2D eigenvalue weighted by molar-refractivity contribution is -0.141. The third-order valence-corrected chi connectivity index (χ3v) is 8.65. The van der Waals surface area contributed by atoms with Gasteiger partial charge in [0.2, 0.25) is 9.04 Å². The second-order valence-electron chi connectivity index (χ2n) is 5.45. The number of hydrogen-bond acceptors (Lipinski definition) is 3. The van der Waals surface area contributed by atoms with Crippen LogP contribution in [0.5, 0.6) is 0 Å². The summed E-state index contributed by atoms with van der Waals surface area (Å²) in [6.45, 7) is 14.0. The van der Waals surface area contributed by atoms with Crippen LogP contribution >= 0.6 is 0 Å². The Morgan fingerprint density at radius 1 is 1.47 bits per heavy atom. The maximum atomic E-state index is 11.6. The van der Waals surface area contributed by atoms with E-state index in [1.165, 1.54) is 0 Å². The number of esters is 1. The van der Waals surface area contributed by atoms with Crippen LogP contribution < -0.4 is 0 Å². The topological polar surface area (TPSA) is 35.5 Å². The van der Waals surface area contributed by atoms with E-state index in [1.54, 1.807) is 6.92 Å². The van der Waals surface area contributed by atoms with Crippen LogP contribution in [0.1, 0.15) is 13.3 Å². The first kappa shape index (κ1) is 16.8. The molecule has 0 amide bonds. The van der Waals surface area contributed by atoms with Gasteiger partial charge in [-0.15, -0.1) is 0 Å². The molecule has 0 spiro atoms. The summed E-state index contributed by atoms with van der Waals surface area (Å²) in [5.41, 5.74) is 0.473. The fourth-order valence-corrected chi connectivity index (χ4v) is 8.97. The SMILES string of the molecule is C=C(C)C(=O)OC(CC[SiH3])[SiH](C)O[Si](C)(C)C. The highest BCUT2D eigenvalue weighted by molar-refractivity contribution is 6.77. The molecule has 0 aromatic heterocycles. The van der Waals surface area contributed by atoms with Gasteiger partial charge in [-0.05, 0) is 39.5 Å². The van der Waals surface area contributed by atoms with Crippen molar-refractivity contribution in [2.75, 3.05) is 0 Å². The van der Waals surface area contributed by atoms with Gasteiger partial charge in [0.25, 0.3) is 0 Å². The quantitative estimate of drug-likeness (QED) is 0.404. The Morgan fingerprint density at radius 3 is 2.35 bits per heavy atom. The highest BCUT2D eigenvalue weighted by atomic mass is 28.4. The molecule has 0 heterocycles. The molecule has 3 nitrogen and oxygen atoms in total. The third kappa shape index (κ3) is 7.69. The van der Waals surface area contributed by atoms with E-state index in [0.29, 0.717) is 5.57 Å². The molecule has 6 heteroatoms. The lowest BCUT2D eigenvalue weighted by Gasteiger charge is -2.29. The highest BCUT2D eigenvalue weighted by Crippen LogP contribution is 2.14. The fraction of sp³-hybridized carbons (Fsp3) is 0.727. The van der Waals surface area contributed by atoms with Gasteiger partial charge in [-0.25, -0.2) is 4.79 Å². The van der Waals surface area contributed by atoms with Gasteiger partial charge >= 0.3 is 5.97 Å². The van der Waals surface area contributed by atoms with Crippen LogP contribution in [0.2, 0.25) is 32.2 Å². The summed E-state index contributed by atoms with van der Waals surface area (Å²) in [5, 5.41) is 0. The lowest BCUT2D eigenvalue weighted by atomic mass is 10.4. The minimum Gasteiger partial charge on any atom is -0.460 e. The first-order valence-corrected chi connectivity index (χ1v) is 13.3. The van der Waals surface area contributed by atoms with Gasteiger partial charge in [0.15, 0.2) is 8.32 Å². The first-order valence-electron chi connectivity index (χ1n) is 6.21. The van der Waals surface area contributed by atoms with E-state index in [2.05, 4.69) is 32.8 Å². The molecule has 0 radical (unpaired) electrons. The molecule has 0 saturated heterocycles. The Kier molecular flexibility index (Phi) is 7.22. The molecule has 0 N–H and O–H groups in total. The van der Waals surface area contributed by atoms with Crippen LogP contribution in [0.15, 0.2) is 12.2 Å². The van der Waals surface area contributed by atoms with Gasteiger partial charge in [0, 0.05) is 15.8 Å². The first-order chi connectivity index (χ1) is 7.67. The van der Waals surface area contributed by atoms with Crippen LogP contribution in [-0.4, -0.2) is 39.3 Å². The van der Waals surface area contributed by atoms with Crippen LogP contribution in [0.4, 0.5) is 0 Å². The summed E-state index contributed by atoms with van der Waals surface area (Å²) in [7, 11) is -1.85. The second-order valence-corrected chi connectivity index (χ2v) is 13.8. The zero-order chi connectivity index (χ0) is 13.6. The molecule has 0 aromatic carbocycles. The number of carbonyl (C=O) groups is 1. The molecular weight excluding hydrogens is 264 g/mol. The molecule has 0 saturated carbocycles. The van der Waals surface area contributed by atoms with Gasteiger partial charge < -0.3 is 8.85 Å². The van der Waals surface area contributed by atoms with Gasteiger partial charge in [-0.3, -0.25) is 0 Å². The second kappa shape index (κ2) is 7.30. The summed E-state index contributed by atoms with van der Waals surface area (Å²) in [5.74, 6) is -0.274. The normalized spacial score (nSPS) is 15.4. The predicted molar refractivity (Wildman–Crippen MR) is 81.5 cm³/mol. The average Bonchev–Trinajstić information content (AvgIpc) is 2.13. The maximum Gasteiger partial charge on any atom is 0.333 e. The molecule has 0 aromatic rings. The van der Waals surface area contributed by atoms with Crippen molar-refractivity contribution in [1.82, 2.24) is 0 Å².